The number of fused-ring (bicyclic) bond motifs is 3. The molecule has 0 aliphatic carbocycles. The number of hydrogen-bond acceptors (Lipinski definition) is 1. The lowest BCUT2D eigenvalue weighted by Crippen LogP contribution is -2.10. The number of carbonyl (C=O) groups excluding carboxylic acids is 1. The maximum absolute atomic E-state index is 13.3. The highest BCUT2D eigenvalue weighted by Gasteiger charge is 2.33. The number of hydrogen-bond donors (Lipinski definition) is 0. The Bertz CT molecular complexity index is 1060. The summed E-state index contributed by atoms with van der Waals surface area (Å²) < 4.78 is 41.7. The van der Waals surface area contributed by atoms with E-state index in [2.05, 4.69) is 0 Å². The van der Waals surface area contributed by atoms with E-state index in [9.17, 15) is 18.0 Å². The smallest absolute Gasteiger partial charge is 0.309 e. The number of nitrogens with zero attached hydrogens (tertiary/aromatic N) is 1. The third kappa shape index (κ3) is 2.39. The number of alkyl halides is 3. The molecule has 124 valence electrons. The molecular weight excluding hydrogens is 327 g/mol. The minimum Gasteiger partial charge on any atom is -0.309 e. The van der Waals surface area contributed by atoms with E-state index in [1.54, 1.807) is 4.57 Å². The summed E-state index contributed by atoms with van der Waals surface area (Å²) in [4.78, 5) is 11.0. The van der Waals surface area contributed by atoms with Gasteiger partial charge in [0.25, 0.3) is 0 Å². The summed E-state index contributed by atoms with van der Waals surface area (Å²) in [5.41, 5.74) is 0.709. The van der Waals surface area contributed by atoms with Crippen molar-refractivity contribution < 1.29 is 18.0 Å². The molecule has 1 heterocycles. The van der Waals surface area contributed by atoms with Crippen molar-refractivity contribution in [2.45, 2.75) is 6.18 Å². The van der Waals surface area contributed by atoms with Crippen LogP contribution in [0.2, 0.25) is 0 Å². The number of carbonyl (C=O) groups is 1. The van der Waals surface area contributed by atoms with E-state index < -0.39 is 11.7 Å². The van der Waals surface area contributed by atoms with E-state index >= 15 is 0 Å². The SMILES string of the molecule is O=Cc1ccc(-n2c3ccccc3c3ccccc32)cc1C(F)(F)F. The molecule has 0 spiro atoms. The van der Waals surface area contributed by atoms with Crippen molar-refractivity contribution in [2.75, 3.05) is 0 Å². The molecule has 0 radical (unpaired) electrons. The highest BCUT2D eigenvalue weighted by molar-refractivity contribution is 6.09. The topological polar surface area (TPSA) is 22.0 Å². The number of para-hydroxylation sites is 2. The Hall–Kier alpha value is -3.08. The van der Waals surface area contributed by atoms with Crippen LogP contribution in [0.1, 0.15) is 15.9 Å². The number of aromatic nitrogens is 1. The summed E-state index contributed by atoms with van der Waals surface area (Å²) in [5.74, 6) is 0. The highest BCUT2D eigenvalue weighted by atomic mass is 19.4. The molecule has 0 saturated carbocycles. The first-order valence-electron chi connectivity index (χ1n) is 7.65. The maximum Gasteiger partial charge on any atom is 0.417 e. The van der Waals surface area contributed by atoms with Gasteiger partial charge in [-0.05, 0) is 30.3 Å². The lowest BCUT2D eigenvalue weighted by molar-refractivity contribution is -0.137. The Balaban J connectivity index is 2.09. The van der Waals surface area contributed by atoms with E-state index in [1.165, 1.54) is 12.1 Å². The fourth-order valence-corrected chi connectivity index (χ4v) is 3.23. The second-order valence-corrected chi connectivity index (χ2v) is 5.76. The Kier molecular flexibility index (Phi) is 3.39. The third-order valence-electron chi connectivity index (χ3n) is 4.31. The van der Waals surface area contributed by atoms with E-state index in [0.717, 1.165) is 27.9 Å². The minimum atomic E-state index is -4.59. The van der Waals surface area contributed by atoms with Gasteiger partial charge in [0.05, 0.1) is 16.6 Å². The van der Waals surface area contributed by atoms with Crippen LogP contribution in [0.5, 0.6) is 0 Å². The fourth-order valence-electron chi connectivity index (χ4n) is 3.23. The summed E-state index contributed by atoms with van der Waals surface area (Å²) in [5, 5.41) is 1.93. The first-order valence-corrected chi connectivity index (χ1v) is 7.65. The van der Waals surface area contributed by atoms with Gasteiger partial charge in [-0.25, -0.2) is 0 Å². The summed E-state index contributed by atoms with van der Waals surface area (Å²) in [6.45, 7) is 0. The Labute approximate surface area is 141 Å². The van der Waals surface area contributed by atoms with Crippen LogP contribution < -0.4 is 0 Å². The minimum absolute atomic E-state index is 0.235. The van der Waals surface area contributed by atoms with Crippen molar-refractivity contribution in [2.24, 2.45) is 0 Å². The highest BCUT2D eigenvalue weighted by Crippen LogP contribution is 2.36. The van der Waals surface area contributed by atoms with Gasteiger partial charge in [-0.15, -0.1) is 0 Å². The van der Waals surface area contributed by atoms with Gasteiger partial charge >= 0.3 is 6.18 Å². The van der Waals surface area contributed by atoms with Gasteiger partial charge in [-0.2, -0.15) is 13.2 Å². The quantitative estimate of drug-likeness (QED) is 0.435. The molecule has 2 nitrogen and oxygen atoms in total. The van der Waals surface area contributed by atoms with Gasteiger partial charge in [0, 0.05) is 22.0 Å². The van der Waals surface area contributed by atoms with Crippen molar-refractivity contribution in [3.63, 3.8) is 0 Å². The lowest BCUT2D eigenvalue weighted by Gasteiger charge is -2.13. The summed E-state index contributed by atoms with van der Waals surface area (Å²) in [6, 6.07) is 18.9. The van der Waals surface area contributed by atoms with Gasteiger partial charge in [-0.1, -0.05) is 36.4 Å². The average molecular weight is 339 g/mol. The van der Waals surface area contributed by atoms with E-state index in [-0.39, 0.29) is 11.8 Å². The molecule has 0 atom stereocenters. The first-order chi connectivity index (χ1) is 12.0. The van der Waals surface area contributed by atoms with E-state index in [0.29, 0.717) is 5.69 Å². The number of aldehydes is 1. The molecule has 25 heavy (non-hydrogen) atoms. The van der Waals surface area contributed by atoms with Crippen molar-refractivity contribution in [3.8, 4) is 5.69 Å². The Morgan fingerprint density at radius 2 is 1.36 bits per heavy atom. The molecule has 0 aliphatic heterocycles. The second-order valence-electron chi connectivity index (χ2n) is 5.76. The number of halogens is 3. The molecule has 0 bridgehead atoms. The zero-order valence-corrected chi connectivity index (χ0v) is 12.9. The zero-order chi connectivity index (χ0) is 17.6. The van der Waals surface area contributed by atoms with Crippen molar-refractivity contribution in [3.05, 3.63) is 77.9 Å². The lowest BCUT2D eigenvalue weighted by atomic mass is 10.1. The van der Waals surface area contributed by atoms with Crippen LogP contribution in [0.4, 0.5) is 13.2 Å². The molecule has 0 unspecified atom stereocenters. The van der Waals surface area contributed by atoms with Gasteiger partial charge in [0.15, 0.2) is 6.29 Å². The average Bonchev–Trinajstić information content (AvgIpc) is 2.95. The van der Waals surface area contributed by atoms with Gasteiger partial charge in [-0.3, -0.25) is 4.79 Å². The molecule has 0 aliphatic rings. The molecule has 0 saturated heterocycles. The van der Waals surface area contributed by atoms with Crippen LogP contribution in [0, 0.1) is 0 Å². The van der Waals surface area contributed by atoms with Crippen molar-refractivity contribution in [1.82, 2.24) is 4.57 Å². The number of rotatable bonds is 2. The molecule has 5 heteroatoms. The summed E-state index contributed by atoms with van der Waals surface area (Å²) in [6.07, 6.45) is -4.36. The molecule has 0 fully saturated rings. The Morgan fingerprint density at radius 3 is 1.88 bits per heavy atom. The fraction of sp³-hybridized carbons (Fsp3) is 0.0500. The van der Waals surface area contributed by atoms with Gasteiger partial charge in [0.1, 0.15) is 0 Å². The van der Waals surface area contributed by atoms with Crippen LogP contribution >= 0.6 is 0 Å². The summed E-state index contributed by atoms with van der Waals surface area (Å²) in [7, 11) is 0. The summed E-state index contributed by atoms with van der Waals surface area (Å²) >= 11 is 0. The second kappa shape index (κ2) is 5.48. The molecule has 1 aromatic heterocycles. The molecular formula is C20H12F3NO. The van der Waals surface area contributed by atoms with Crippen molar-refractivity contribution >= 4 is 28.1 Å². The number of benzene rings is 3. The maximum atomic E-state index is 13.3. The van der Waals surface area contributed by atoms with E-state index in [1.807, 2.05) is 48.5 Å². The molecule has 0 N–H and O–H groups in total. The molecule has 4 rings (SSSR count). The Morgan fingerprint density at radius 1 is 0.800 bits per heavy atom. The third-order valence-corrected chi connectivity index (χ3v) is 4.31. The van der Waals surface area contributed by atoms with E-state index in [4.69, 9.17) is 0 Å². The van der Waals surface area contributed by atoms with Crippen LogP contribution in [0.15, 0.2) is 66.7 Å². The standard InChI is InChI=1S/C20H12F3NO/c21-20(22,23)17-11-14(10-9-13(17)12-25)24-18-7-3-1-5-15(18)16-6-2-4-8-19(16)24/h1-12H. The van der Waals surface area contributed by atoms with Gasteiger partial charge in [0.2, 0.25) is 0 Å². The monoisotopic (exact) mass is 339 g/mol. The van der Waals surface area contributed by atoms with Crippen molar-refractivity contribution in [1.29, 1.82) is 0 Å². The van der Waals surface area contributed by atoms with Crippen LogP contribution in [0.25, 0.3) is 27.5 Å². The van der Waals surface area contributed by atoms with Crippen LogP contribution in [0.3, 0.4) is 0 Å². The largest absolute Gasteiger partial charge is 0.417 e. The molecule has 0 amide bonds. The normalized spacial score (nSPS) is 12.0. The predicted octanol–water partition coefficient (Wildman–Crippen LogP) is 5.62. The zero-order valence-electron chi connectivity index (χ0n) is 12.9. The van der Waals surface area contributed by atoms with Crippen LogP contribution in [-0.4, -0.2) is 10.9 Å². The predicted molar refractivity (Wildman–Crippen MR) is 91.2 cm³/mol. The van der Waals surface area contributed by atoms with Gasteiger partial charge < -0.3 is 4.57 Å². The molecule has 3 aromatic carbocycles. The van der Waals surface area contributed by atoms with Crippen LogP contribution in [-0.2, 0) is 6.18 Å². The first kappa shape index (κ1) is 15.4. The molecule has 4 aromatic rings.